The van der Waals surface area contributed by atoms with Crippen molar-refractivity contribution in [2.45, 2.75) is 19.4 Å². The van der Waals surface area contributed by atoms with Gasteiger partial charge in [0.25, 0.3) is 0 Å². The molecular weight excluding hydrogens is 358 g/mol. The van der Waals surface area contributed by atoms with Crippen LogP contribution in [0.5, 0.6) is 0 Å². The molecule has 0 unspecified atom stereocenters. The second-order valence-electron chi connectivity index (χ2n) is 6.01. The second kappa shape index (κ2) is 8.05. The van der Waals surface area contributed by atoms with Gasteiger partial charge in [-0.3, -0.25) is 14.8 Å². The highest BCUT2D eigenvalue weighted by Gasteiger charge is 2.09. The Morgan fingerprint density at radius 1 is 0.963 bits per heavy atom. The zero-order valence-corrected chi connectivity index (χ0v) is 15.4. The SMILES string of the molecule is O=C(CCc1ccc2ccccc2n1)OCc1csc(-c2ccccn2)n1. The summed E-state index contributed by atoms with van der Waals surface area (Å²) in [5.41, 5.74) is 3.38. The van der Waals surface area contributed by atoms with Crippen LogP contribution in [0.1, 0.15) is 17.8 Å². The van der Waals surface area contributed by atoms with Crippen molar-refractivity contribution in [2.75, 3.05) is 0 Å². The molecule has 6 heteroatoms. The lowest BCUT2D eigenvalue weighted by atomic mass is 10.1. The van der Waals surface area contributed by atoms with Crippen LogP contribution in [0.4, 0.5) is 0 Å². The third-order valence-electron chi connectivity index (χ3n) is 4.06. The first-order valence-corrected chi connectivity index (χ1v) is 9.52. The molecule has 0 aliphatic rings. The Labute approximate surface area is 160 Å². The van der Waals surface area contributed by atoms with E-state index in [-0.39, 0.29) is 12.6 Å². The Balaban J connectivity index is 1.30. The Hall–Kier alpha value is -3.12. The molecule has 0 spiro atoms. The fourth-order valence-corrected chi connectivity index (χ4v) is 3.46. The maximum atomic E-state index is 12.0. The number of thiazole rings is 1. The van der Waals surface area contributed by atoms with Crippen LogP contribution in [-0.2, 0) is 22.6 Å². The number of hydrogen-bond donors (Lipinski definition) is 0. The Morgan fingerprint density at radius 3 is 2.74 bits per heavy atom. The van der Waals surface area contributed by atoms with Crippen molar-refractivity contribution in [3.8, 4) is 10.7 Å². The van der Waals surface area contributed by atoms with Crippen LogP contribution in [0, 0.1) is 0 Å². The number of ether oxygens (including phenoxy) is 1. The number of benzene rings is 1. The number of pyridine rings is 2. The van der Waals surface area contributed by atoms with E-state index in [0.29, 0.717) is 12.8 Å². The van der Waals surface area contributed by atoms with Crippen molar-refractivity contribution in [2.24, 2.45) is 0 Å². The number of fused-ring (bicyclic) bond motifs is 1. The van der Waals surface area contributed by atoms with E-state index >= 15 is 0 Å². The molecule has 0 radical (unpaired) electrons. The lowest BCUT2D eigenvalue weighted by Gasteiger charge is -2.04. The highest BCUT2D eigenvalue weighted by molar-refractivity contribution is 7.13. The number of aryl methyl sites for hydroxylation is 1. The lowest BCUT2D eigenvalue weighted by molar-refractivity contribution is -0.145. The van der Waals surface area contributed by atoms with Crippen molar-refractivity contribution in [1.82, 2.24) is 15.0 Å². The third-order valence-corrected chi connectivity index (χ3v) is 4.97. The van der Waals surface area contributed by atoms with E-state index in [4.69, 9.17) is 4.74 Å². The summed E-state index contributed by atoms with van der Waals surface area (Å²) in [7, 11) is 0. The monoisotopic (exact) mass is 375 g/mol. The number of aromatic nitrogens is 3. The minimum Gasteiger partial charge on any atom is -0.459 e. The van der Waals surface area contributed by atoms with Crippen molar-refractivity contribution >= 4 is 28.2 Å². The minimum absolute atomic E-state index is 0.174. The normalized spacial score (nSPS) is 10.8. The molecule has 0 saturated heterocycles. The van der Waals surface area contributed by atoms with Crippen LogP contribution in [0.3, 0.4) is 0 Å². The number of hydrogen-bond acceptors (Lipinski definition) is 6. The number of carbonyl (C=O) groups is 1. The molecule has 27 heavy (non-hydrogen) atoms. The predicted molar refractivity (Wildman–Crippen MR) is 105 cm³/mol. The van der Waals surface area contributed by atoms with Crippen LogP contribution in [-0.4, -0.2) is 20.9 Å². The molecule has 0 bridgehead atoms. The maximum Gasteiger partial charge on any atom is 0.306 e. The second-order valence-corrected chi connectivity index (χ2v) is 6.87. The summed E-state index contributed by atoms with van der Waals surface area (Å²) in [6.07, 6.45) is 2.58. The van der Waals surface area contributed by atoms with Gasteiger partial charge in [0.05, 0.1) is 23.3 Å². The summed E-state index contributed by atoms with van der Waals surface area (Å²) >= 11 is 1.49. The molecule has 1 aromatic carbocycles. The van der Waals surface area contributed by atoms with Crippen LogP contribution < -0.4 is 0 Å². The van der Waals surface area contributed by atoms with Gasteiger partial charge in [-0.2, -0.15) is 0 Å². The molecule has 3 aromatic heterocycles. The van der Waals surface area contributed by atoms with E-state index in [1.54, 1.807) is 6.20 Å². The summed E-state index contributed by atoms with van der Waals surface area (Å²) in [5.74, 6) is -0.252. The van der Waals surface area contributed by atoms with Crippen molar-refractivity contribution in [3.63, 3.8) is 0 Å². The van der Waals surface area contributed by atoms with Crippen molar-refractivity contribution in [3.05, 3.63) is 77.6 Å². The Bertz CT molecular complexity index is 1060. The first kappa shape index (κ1) is 17.3. The predicted octanol–water partition coefficient (Wildman–Crippen LogP) is 4.43. The average molecular weight is 375 g/mol. The molecule has 0 amide bonds. The molecule has 5 nitrogen and oxygen atoms in total. The number of esters is 1. The highest BCUT2D eigenvalue weighted by atomic mass is 32.1. The van der Waals surface area contributed by atoms with E-state index in [0.717, 1.165) is 33.0 Å². The van der Waals surface area contributed by atoms with E-state index in [1.807, 2.05) is 60.0 Å². The zero-order chi connectivity index (χ0) is 18.5. The number of carbonyl (C=O) groups excluding carboxylic acids is 1. The third kappa shape index (κ3) is 4.35. The van der Waals surface area contributed by atoms with E-state index < -0.39 is 0 Å². The molecule has 4 rings (SSSR count). The Kier molecular flexibility index (Phi) is 5.16. The quantitative estimate of drug-likeness (QED) is 0.467. The van der Waals surface area contributed by atoms with Gasteiger partial charge in [-0.05, 0) is 24.3 Å². The zero-order valence-electron chi connectivity index (χ0n) is 14.5. The molecule has 0 fully saturated rings. The summed E-state index contributed by atoms with van der Waals surface area (Å²) in [5, 5.41) is 3.81. The fourth-order valence-electron chi connectivity index (χ4n) is 2.68. The molecule has 0 atom stereocenters. The molecule has 4 aromatic rings. The van der Waals surface area contributed by atoms with Gasteiger partial charge < -0.3 is 4.74 Å². The van der Waals surface area contributed by atoms with E-state index in [9.17, 15) is 4.79 Å². The summed E-state index contributed by atoms with van der Waals surface area (Å²) < 4.78 is 5.34. The largest absolute Gasteiger partial charge is 0.459 e. The summed E-state index contributed by atoms with van der Waals surface area (Å²) in [6.45, 7) is 0.174. The maximum absolute atomic E-state index is 12.0. The number of para-hydroxylation sites is 1. The highest BCUT2D eigenvalue weighted by Crippen LogP contribution is 2.21. The van der Waals surface area contributed by atoms with Gasteiger partial charge in [0.2, 0.25) is 0 Å². The van der Waals surface area contributed by atoms with Gasteiger partial charge in [0.1, 0.15) is 11.6 Å². The molecule has 134 valence electrons. The first-order valence-electron chi connectivity index (χ1n) is 8.64. The van der Waals surface area contributed by atoms with Gasteiger partial charge in [-0.15, -0.1) is 11.3 Å². The molecular formula is C21H17N3O2S. The first-order chi connectivity index (χ1) is 13.3. The average Bonchev–Trinajstić information content (AvgIpc) is 3.20. The summed E-state index contributed by atoms with van der Waals surface area (Å²) in [6, 6.07) is 17.6. The molecule has 0 N–H and O–H groups in total. The van der Waals surface area contributed by atoms with Gasteiger partial charge in [-0.1, -0.05) is 30.3 Å². The van der Waals surface area contributed by atoms with Crippen LogP contribution in [0.2, 0.25) is 0 Å². The van der Waals surface area contributed by atoms with Gasteiger partial charge in [-0.25, -0.2) is 4.98 Å². The van der Waals surface area contributed by atoms with Crippen LogP contribution >= 0.6 is 11.3 Å². The van der Waals surface area contributed by atoms with Crippen molar-refractivity contribution in [1.29, 1.82) is 0 Å². The lowest BCUT2D eigenvalue weighted by Crippen LogP contribution is -2.06. The molecule has 0 saturated carbocycles. The van der Waals surface area contributed by atoms with Gasteiger partial charge in [0.15, 0.2) is 0 Å². The van der Waals surface area contributed by atoms with E-state index in [2.05, 4.69) is 15.0 Å². The van der Waals surface area contributed by atoms with Gasteiger partial charge >= 0.3 is 5.97 Å². The van der Waals surface area contributed by atoms with Crippen molar-refractivity contribution < 1.29 is 9.53 Å². The molecule has 3 heterocycles. The smallest absolute Gasteiger partial charge is 0.306 e. The Morgan fingerprint density at radius 2 is 1.85 bits per heavy atom. The topological polar surface area (TPSA) is 65.0 Å². The number of rotatable bonds is 6. The number of nitrogens with zero attached hydrogens (tertiary/aromatic N) is 3. The standard InChI is InChI=1S/C21H17N3O2S/c25-20(11-10-16-9-8-15-5-1-2-6-18(15)23-16)26-13-17-14-27-21(24-17)19-7-3-4-12-22-19/h1-9,12,14H,10-11,13H2. The van der Waals surface area contributed by atoms with E-state index in [1.165, 1.54) is 11.3 Å². The van der Waals surface area contributed by atoms with Gasteiger partial charge in [0, 0.05) is 29.1 Å². The van der Waals surface area contributed by atoms with Crippen LogP contribution in [0.25, 0.3) is 21.6 Å². The van der Waals surface area contributed by atoms with Crippen LogP contribution in [0.15, 0.2) is 66.2 Å². The summed E-state index contributed by atoms with van der Waals surface area (Å²) in [4.78, 5) is 25.4. The fraction of sp³-hybridized carbons (Fsp3) is 0.143. The minimum atomic E-state index is -0.252. The molecule has 0 aliphatic carbocycles. The molecule has 0 aliphatic heterocycles.